The van der Waals surface area contributed by atoms with Gasteiger partial charge in [-0.05, 0) is 36.2 Å². The van der Waals surface area contributed by atoms with Gasteiger partial charge in [-0.25, -0.2) is 4.79 Å². The number of esters is 1. The normalized spacial score (nSPS) is 13.9. The number of ether oxygens (including phenoxy) is 1. The Hall–Kier alpha value is -3.22. The van der Waals surface area contributed by atoms with E-state index >= 15 is 0 Å². The van der Waals surface area contributed by atoms with Gasteiger partial charge in [0.1, 0.15) is 5.69 Å². The second-order valence-electron chi connectivity index (χ2n) is 5.53. The van der Waals surface area contributed by atoms with Crippen molar-refractivity contribution in [1.29, 1.82) is 0 Å². The number of hydrogen-bond acceptors (Lipinski definition) is 6. The number of carbonyl (C=O) groups is 2. The molecule has 0 saturated heterocycles. The molecule has 3 rings (SSSR count). The highest BCUT2D eigenvalue weighted by Crippen LogP contribution is 2.17. The maximum absolute atomic E-state index is 12.4. The maximum atomic E-state index is 12.4. The number of aryl methyl sites for hydroxylation is 1. The molecule has 1 aromatic heterocycles. The number of oxime groups is 1. The summed E-state index contributed by atoms with van der Waals surface area (Å²) in [5.41, 5.74) is 2.67. The molecule has 0 fully saturated rings. The summed E-state index contributed by atoms with van der Waals surface area (Å²) in [4.78, 5) is 34.9. The lowest BCUT2D eigenvalue weighted by molar-refractivity contribution is -0.134. The lowest BCUT2D eigenvalue weighted by atomic mass is 10.1. The third-order valence-corrected chi connectivity index (χ3v) is 3.81. The van der Waals surface area contributed by atoms with Crippen molar-refractivity contribution in [2.45, 2.75) is 13.5 Å². The van der Waals surface area contributed by atoms with E-state index in [2.05, 4.69) is 10.1 Å². The lowest BCUT2D eigenvalue weighted by Gasteiger charge is -2.27. The third kappa shape index (κ3) is 3.50. The number of pyridine rings is 1. The molecule has 0 spiro atoms. The van der Waals surface area contributed by atoms with Crippen LogP contribution in [0.1, 0.15) is 27.2 Å². The largest absolute Gasteiger partial charge is 0.465 e. The third-order valence-electron chi connectivity index (χ3n) is 3.81. The molecule has 1 aliphatic rings. The molecule has 0 unspecified atom stereocenters. The van der Waals surface area contributed by atoms with Crippen LogP contribution in [0.15, 0.2) is 47.8 Å². The molecule has 1 aromatic carbocycles. The Labute approximate surface area is 144 Å². The van der Waals surface area contributed by atoms with E-state index in [9.17, 15) is 9.59 Å². The molecule has 0 aliphatic carbocycles. The predicted molar refractivity (Wildman–Crippen MR) is 89.8 cm³/mol. The van der Waals surface area contributed by atoms with E-state index < -0.39 is 5.97 Å². The van der Waals surface area contributed by atoms with Crippen molar-refractivity contribution in [3.63, 3.8) is 0 Å². The van der Waals surface area contributed by atoms with Gasteiger partial charge in [0.25, 0.3) is 5.91 Å². The van der Waals surface area contributed by atoms with Crippen molar-refractivity contribution in [1.82, 2.24) is 9.88 Å². The van der Waals surface area contributed by atoms with E-state index in [0.29, 0.717) is 17.1 Å². The first-order valence-corrected chi connectivity index (χ1v) is 7.69. The van der Waals surface area contributed by atoms with E-state index in [1.807, 2.05) is 25.1 Å². The summed E-state index contributed by atoms with van der Waals surface area (Å²) in [6, 6.07) is 10.6. The van der Waals surface area contributed by atoms with Crippen molar-refractivity contribution in [3.8, 4) is 0 Å². The number of amidine groups is 1. The summed E-state index contributed by atoms with van der Waals surface area (Å²) in [6.07, 6.45) is 1.64. The number of rotatable bonds is 4. The summed E-state index contributed by atoms with van der Waals surface area (Å²) in [5, 5.41) is 4.03. The first-order chi connectivity index (χ1) is 12.1. The van der Waals surface area contributed by atoms with Crippen LogP contribution in [0, 0.1) is 6.92 Å². The van der Waals surface area contributed by atoms with Crippen LogP contribution in [0.25, 0.3) is 0 Å². The van der Waals surface area contributed by atoms with E-state index in [-0.39, 0.29) is 19.1 Å². The summed E-state index contributed by atoms with van der Waals surface area (Å²) in [6.45, 7) is 2.01. The average molecular weight is 339 g/mol. The van der Waals surface area contributed by atoms with Crippen molar-refractivity contribution in [2.75, 3.05) is 13.7 Å². The quantitative estimate of drug-likeness (QED) is 0.795. The van der Waals surface area contributed by atoms with Gasteiger partial charge in [0.2, 0.25) is 5.84 Å². The average Bonchev–Trinajstić information content (AvgIpc) is 2.63. The standard InChI is InChI=1S/C18H17N3O4/c1-12-5-4-8-19-16(12)17-20-25-11-15(22)21(17)10-13-6-3-7-14(9-13)18(23)24-2/h3-9H,10-11H2,1-2H3. The summed E-state index contributed by atoms with van der Waals surface area (Å²) in [5.74, 6) is -0.291. The SMILES string of the molecule is COC(=O)c1cccc(CN2C(=O)CON=C2c2ncccc2C)c1. The summed E-state index contributed by atoms with van der Waals surface area (Å²) in [7, 11) is 1.33. The van der Waals surface area contributed by atoms with E-state index in [4.69, 9.17) is 9.57 Å². The van der Waals surface area contributed by atoms with Crippen LogP contribution in [0.2, 0.25) is 0 Å². The highest BCUT2D eigenvalue weighted by Gasteiger charge is 2.28. The van der Waals surface area contributed by atoms with Gasteiger partial charge in [0.15, 0.2) is 6.61 Å². The number of nitrogens with zero attached hydrogens (tertiary/aromatic N) is 3. The molecule has 2 heterocycles. The monoisotopic (exact) mass is 339 g/mol. The van der Waals surface area contributed by atoms with Crippen molar-refractivity contribution in [3.05, 3.63) is 65.0 Å². The Kier molecular flexibility index (Phi) is 4.74. The molecule has 25 heavy (non-hydrogen) atoms. The fourth-order valence-electron chi connectivity index (χ4n) is 2.54. The van der Waals surface area contributed by atoms with Gasteiger partial charge in [-0.15, -0.1) is 0 Å². The molecule has 128 valence electrons. The molecule has 2 aromatic rings. The fourth-order valence-corrected chi connectivity index (χ4v) is 2.54. The van der Waals surface area contributed by atoms with Gasteiger partial charge in [-0.2, -0.15) is 0 Å². The zero-order chi connectivity index (χ0) is 17.8. The smallest absolute Gasteiger partial charge is 0.337 e. The minimum absolute atomic E-state index is 0.133. The van der Waals surface area contributed by atoms with Gasteiger partial charge >= 0.3 is 5.97 Å². The highest BCUT2D eigenvalue weighted by atomic mass is 16.6. The minimum Gasteiger partial charge on any atom is -0.465 e. The van der Waals surface area contributed by atoms with Gasteiger partial charge in [0, 0.05) is 6.20 Å². The molecular formula is C18H17N3O4. The van der Waals surface area contributed by atoms with Gasteiger partial charge < -0.3 is 9.57 Å². The number of hydrogen-bond donors (Lipinski definition) is 0. The Morgan fingerprint density at radius 3 is 2.92 bits per heavy atom. The Balaban J connectivity index is 1.93. The number of carbonyl (C=O) groups excluding carboxylic acids is 2. The summed E-state index contributed by atoms with van der Waals surface area (Å²) >= 11 is 0. The molecule has 7 heteroatoms. The number of methoxy groups -OCH3 is 1. The van der Waals surface area contributed by atoms with Crippen LogP contribution < -0.4 is 0 Å². The van der Waals surface area contributed by atoms with Gasteiger partial charge in [-0.1, -0.05) is 23.4 Å². The van der Waals surface area contributed by atoms with Crippen LogP contribution >= 0.6 is 0 Å². The molecule has 0 bridgehead atoms. The Bertz CT molecular complexity index is 848. The molecule has 0 N–H and O–H groups in total. The molecule has 7 nitrogen and oxygen atoms in total. The number of aromatic nitrogens is 1. The second kappa shape index (κ2) is 7.12. The summed E-state index contributed by atoms with van der Waals surface area (Å²) < 4.78 is 4.74. The fraction of sp³-hybridized carbons (Fsp3) is 0.222. The van der Waals surface area contributed by atoms with Crippen LogP contribution in [-0.2, 0) is 20.9 Å². The van der Waals surface area contributed by atoms with E-state index in [1.165, 1.54) is 12.0 Å². The first kappa shape index (κ1) is 16.6. The Morgan fingerprint density at radius 1 is 1.32 bits per heavy atom. The molecule has 0 saturated carbocycles. The van der Waals surface area contributed by atoms with Gasteiger partial charge in [0.05, 0.1) is 19.2 Å². The maximum Gasteiger partial charge on any atom is 0.337 e. The number of amides is 1. The van der Waals surface area contributed by atoms with Crippen LogP contribution in [0.5, 0.6) is 0 Å². The molecule has 0 atom stereocenters. The van der Waals surface area contributed by atoms with E-state index in [0.717, 1.165) is 11.1 Å². The highest BCUT2D eigenvalue weighted by molar-refractivity contribution is 6.08. The van der Waals surface area contributed by atoms with Crippen molar-refractivity contribution < 1.29 is 19.2 Å². The van der Waals surface area contributed by atoms with Gasteiger partial charge in [-0.3, -0.25) is 14.7 Å². The zero-order valence-electron chi connectivity index (χ0n) is 13.9. The lowest BCUT2D eigenvalue weighted by Crippen LogP contribution is -2.43. The molecule has 1 aliphatic heterocycles. The van der Waals surface area contributed by atoms with Crippen LogP contribution in [-0.4, -0.2) is 41.3 Å². The van der Waals surface area contributed by atoms with Crippen LogP contribution in [0.4, 0.5) is 0 Å². The second-order valence-corrected chi connectivity index (χ2v) is 5.53. The van der Waals surface area contributed by atoms with Crippen molar-refractivity contribution >= 4 is 17.7 Å². The predicted octanol–water partition coefficient (Wildman–Crippen LogP) is 1.90. The zero-order valence-corrected chi connectivity index (χ0v) is 13.9. The minimum atomic E-state index is -0.426. The molecule has 0 radical (unpaired) electrons. The molecule has 1 amide bonds. The Morgan fingerprint density at radius 2 is 2.16 bits per heavy atom. The topological polar surface area (TPSA) is 81.1 Å². The van der Waals surface area contributed by atoms with Crippen LogP contribution in [0.3, 0.4) is 0 Å². The first-order valence-electron chi connectivity index (χ1n) is 7.69. The van der Waals surface area contributed by atoms with Crippen molar-refractivity contribution in [2.24, 2.45) is 5.16 Å². The molecular weight excluding hydrogens is 322 g/mol. The number of benzene rings is 1. The van der Waals surface area contributed by atoms with E-state index in [1.54, 1.807) is 24.4 Å².